The minimum absolute atomic E-state index is 0.0155. The molecule has 3 aromatic rings. The molecule has 8 heteroatoms. The molecule has 3 heterocycles. The van der Waals surface area contributed by atoms with Crippen molar-refractivity contribution in [2.45, 2.75) is 26.3 Å². The van der Waals surface area contributed by atoms with Crippen molar-refractivity contribution in [1.82, 2.24) is 20.3 Å². The lowest BCUT2D eigenvalue weighted by Crippen LogP contribution is -2.41. The van der Waals surface area contributed by atoms with Crippen molar-refractivity contribution in [3.8, 4) is 23.0 Å². The number of benzene rings is 1. The van der Waals surface area contributed by atoms with E-state index in [0.29, 0.717) is 23.6 Å². The van der Waals surface area contributed by atoms with Crippen LogP contribution in [-0.4, -0.2) is 34.6 Å². The molecule has 0 saturated carbocycles. The van der Waals surface area contributed by atoms with Gasteiger partial charge in [0.1, 0.15) is 23.8 Å². The van der Waals surface area contributed by atoms with Gasteiger partial charge in [0.2, 0.25) is 5.91 Å². The number of hydrogen-bond donors (Lipinski definition) is 2. The third-order valence-corrected chi connectivity index (χ3v) is 5.50. The van der Waals surface area contributed by atoms with E-state index in [1.54, 1.807) is 25.4 Å². The Morgan fingerprint density at radius 2 is 2.09 bits per heavy atom. The molecule has 0 saturated heterocycles. The quantitative estimate of drug-likeness (QED) is 0.618. The Labute approximate surface area is 186 Å². The molecule has 1 amide bonds. The van der Waals surface area contributed by atoms with E-state index in [1.807, 2.05) is 38.1 Å². The third-order valence-electron chi connectivity index (χ3n) is 5.50. The summed E-state index contributed by atoms with van der Waals surface area (Å²) in [4.78, 5) is 37.1. The molecule has 0 spiro atoms. The maximum absolute atomic E-state index is 13.1. The van der Waals surface area contributed by atoms with E-state index in [1.165, 1.54) is 6.07 Å². The summed E-state index contributed by atoms with van der Waals surface area (Å²) < 4.78 is 11.1. The molecule has 2 aromatic heterocycles. The number of ether oxygens (including phenoxy) is 2. The highest BCUT2D eigenvalue weighted by molar-refractivity contribution is 5.80. The maximum atomic E-state index is 13.1. The minimum atomic E-state index is -0.432. The number of methoxy groups -OCH3 is 1. The Balaban J connectivity index is 1.56. The first-order valence-electron chi connectivity index (χ1n) is 10.6. The van der Waals surface area contributed by atoms with Crippen molar-refractivity contribution in [2.75, 3.05) is 13.7 Å². The zero-order valence-corrected chi connectivity index (χ0v) is 18.3. The van der Waals surface area contributed by atoms with Gasteiger partial charge in [-0.15, -0.1) is 0 Å². The molecule has 0 aliphatic carbocycles. The molecule has 4 rings (SSSR count). The van der Waals surface area contributed by atoms with E-state index in [2.05, 4.69) is 20.3 Å². The van der Waals surface area contributed by atoms with Gasteiger partial charge in [0.15, 0.2) is 5.82 Å². The summed E-state index contributed by atoms with van der Waals surface area (Å²) in [5.41, 5.74) is 1.70. The second-order valence-electron chi connectivity index (χ2n) is 8.15. The summed E-state index contributed by atoms with van der Waals surface area (Å²) in [6.07, 6.45) is 2.19. The lowest BCUT2D eigenvalue weighted by atomic mass is 9.94. The smallest absolute Gasteiger partial charge is 0.251 e. The Bertz CT molecular complexity index is 1160. The van der Waals surface area contributed by atoms with Crippen LogP contribution in [0.4, 0.5) is 0 Å². The largest absolute Gasteiger partial charge is 0.497 e. The summed E-state index contributed by atoms with van der Waals surface area (Å²) >= 11 is 0. The van der Waals surface area contributed by atoms with Gasteiger partial charge in [-0.25, -0.2) is 4.98 Å². The molecule has 1 aliphatic heterocycles. The number of hydrogen-bond acceptors (Lipinski definition) is 6. The van der Waals surface area contributed by atoms with Gasteiger partial charge < -0.3 is 19.8 Å². The number of aromatic nitrogens is 3. The Hall–Kier alpha value is -3.68. The third kappa shape index (κ3) is 4.64. The molecule has 0 unspecified atom stereocenters. The van der Waals surface area contributed by atoms with Gasteiger partial charge in [0, 0.05) is 12.3 Å². The van der Waals surface area contributed by atoms with Crippen LogP contribution in [0.2, 0.25) is 0 Å². The normalized spacial score (nSPS) is 16.1. The number of fused-ring (bicyclic) bond motifs is 1. The Morgan fingerprint density at radius 1 is 1.25 bits per heavy atom. The Morgan fingerprint density at radius 3 is 2.81 bits per heavy atom. The summed E-state index contributed by atoms with van der Waals surface area (Å²) in [5, 5.41) is 3.08. The second kappa shape index (κ2) is 9.21. The van der Waals surface area contributed by atoms with E-state index >= 15 is 0 Å². The van der Waals surface area contributed by atoms with Crippen molar-refractivity contribution >= 4 is 5.91 Å². The van der Waals surface area contributed by atoms with Crippen LogP contribution < -0.4 is 20.3 Å². The molecule has 166 valence electrons. The van der Waals surface area contributed by atoms with E-state index in [0.717, 1.165) is 17.1 Å². The van der Waals surface area contributed by atoms with Crippen molar-refractivity contribution < 1.29 is 14.3 Å². The van der Waals surface area contributed by atoms with Crippen molar-refractivity contribution in [2.24, 2.45) is 11.8 Å². The van der Waals surface area contributed by atoms with Gasteiger partial charge in [-0.05, 0) is 48.2 Å². The van der Waals surface area contributed by atoms with Gasteiger partial charge in [0.05, 0.1) is 24.8 Å². The second-order valence-corrected chi connectivity index (χ2v) is 8.15. The standard InChI is InChI=1S/C24H26N4O4/c1-14(2)22(19-12-21(29)27-23(26-19)18-6-4-5-9-25-18)28-24(30)16-10-15-11-17(31-3)7-8-20(15)32-13-16/h4-9,11-12,14,16,22H,10,13H2,1-3H3,(H,28,30)(H,26,27,29)/t16-,22+/m0/s1. The van der Waals surface area contributed by atoms with Crippen LogP contribution in [-0.2, 0) is 11.2 Å². The van der Waals surface area contributed by atoms with E-state index in [-0.39, 0.29) is 29.9 Å². The maximum Gasteiger partial charge on any atom is 0.251 e. The van der Waals surface area contributed by atoms with Crippen molar-refractivity contribution in [3.05, 3.63) is 70.3 Å². The molecule has 32 heavy (non-hydrogen) atoms. The average Bonchev–Trinajstić information content (AvgIpc) is 2.81. The molecular weight excluding hydrogens is 408 g/mol. The van der Waals surface area contributed by atoms with Crippen molar-refractivity contribution in [1.29, 1.82) is 0 Å². The Kier molecular flexibility index (Phi) is 6.20. The minimum Gasteiger partial charge on any atom is -0.497 e. The van der Waals surface area contributed by atoms with E-state index in [4.69, 9.17) is 9.47 Å². The van der Waals surface area contributed by atoms with Gasteiger partial charge in [-0.1, -0.05) is 19.9 Å². The number of carbonyl (C=O) groups is 1. The molecule has 1 aliphatic rings. The lowest BCUT2D eigenvalue weighted by molar-refractivity contribution is -0.127. The van der Waals surface area contributed by atoms with Gasteiger partial charge in [-0.3, -0.25) is 14.6 Å². The molecule has 0 radical (unpaired) electrons. The van der Waals surface area contributed by atoms with E-state index in [9.17, 15) is 9.59 Å². The predicted molar refractivity (Wildman–Crippen MR) is 119 cm³/mol. The zero-order valence-electron chi connectivity index (χ0n) is 18.3. The molecule has 8 nitrogen and oxygen atoms in total. The lowest BCUT2D eigenvalue weighted by Gasteiger charge is -2.28. The van der Waals surface area contributed by atoms with Crippen LogP contribution in [0.25, 0.3) is 11.5 Å². The number of amides is 1. The number of rotatable bonds is 6. The van der Waals surface area contributed by atoms with Crippen LogP contribution in [0.15, 0.2) is 53.5 Å². The molecule has 2 atom stereocenters. The van der Waals surface area contributed by atoms with Crippen LogP contribution in [0.3, 0.4) is 0 Å². The number of carbonyl (C=O) groups excluding carboxylic acids is 1. The molecule has 2 N–H and O–H groups in total. The fourth-order valence-corrected chi connectivity index (χ4v) is 3.78. The van der Waals surface area contributed by atoms with Crippen LogP contribution in [0.5, 0.6) is 11.5 Å². The predicted octanol–water partition coefficient (Wildman–Crippen LogP) is 2.91. The van der Waals surface area contributed by atoms with Crippen LogP contribution in [0, 0.1) is 11.8 Å². The van der Waals surface area contributed by atoms with E-state index < -0.39 is 6.04 Å². The number of nitrogens with zero attached hydrogens (tertiary/aromatic N) is 2. The summed E-state index contributed by atoms with van der Waals surface area (Å²) in [6, 6.07) is 12.0. The van der Waals surface area contributed by atoms with Gasteiger partial charge >= 0.3 is 0 Å². The summed E-state index contributed by atoms with van der Waals surface area (Å²) in [6.45, 7) is 4.25. The highest BCUT2D eigenvalue weighted by Gasteiger charge is 2.30. The molecular formula is C24H26N4O4. The highest BCUT2D eigenvalue weighted by atomic mass is 16.5. The first-order chi connectivity index (χ1) is 15.4. The monoisotopic (exact) mass is 434 g/mol. The highest BCUT2D eigenvalue weighted by Crippen LogP contribution is 2.31. The number of H-pyrrole nitrogens is 1. The number of nitrogens with one attached hydrogen (secondary N) is 2. The van der Waals surface area contributed by atoms with Gasteiger partial charge in [0.25, 0.3) is 5.56 Å². The number of pyridine rings is 1. The fraction of sp³-hybridized carbons (Fsp3) is 0.333. The van der Waals surface area contributed by atoms with Crippen molar-refractivity contribution in [3.63, 3.8) is 0 Å². The topological polar surface area (TPSA) is 106 Å². The molecule has 0 fully saturated rings. The molecule has 1 aromatic carbocycles. The fourth-order valence-electron chi connectivity index (χ4n) is 3.78. The first-order valence-corrected chi connectivity index (χ1v) is 10.6. The first kappa shape index (κ1) is 21.5. The van der Waals surface area contributed by atoms with Gasteiger partial charge in [-0.2, -0.15) is 0 Å². The SMILES string of the molecule is COc1ccc2c(c1)C[C@H](C(=O)N[C@@H](c1cc(=O)[nH]c(-c3ccccn3)n1)C(C)C)CO2. The number of aromatic amines is 1. The summed E-state index contributed by atoms with van der Waals surface area (Å²) in [5.74, 6) is 1.39. The zero-order chi connectivity index (χ0) is 22.7. The molecule has 0 bridgehead atoms. The van der Waals surface area contributed by atoms with Crippen LogP contribution >= 0.6 is 0 Å². The summed E-state index contributed by atoms with van der Waals surface area (Å²) in [7, 11) is 1.61. The van der Waals surface area contributed by atoms with Crippen LogP contribution in [0.1, 0.15) is 31.1 Å². The average molecular weight is 434 g/mol.